The van der Waals surface area contributed by atoms with Gasteiger partial charge in [0.15, 0.2) is 0 Å². The molecule has 0 radical (unpaired) electrons. The molecule has 0 aliphatic heterocycles. The highest BCUT2D eigenvalue weighted by atomic mass is 35.5. The maximum absolute atomic E-state index is 6.06. The van der Waals surface area contributed by atoms with Gasteiger partial charge in [-0.2, -0.15) is 0 Å². The first-order valence-electron chi connectivity index (χ1n) is 5.04. The van der Waals surface area contributed by atoms with Crippen molar-refractivity contribution in [2.24, 2.45) is 0 Å². The summed E-state index contributed by atoms with van der Waals surface area (Å²) in [6.45, 7) is 1.98. The second-order valence-corrected chi connectivity index (χ2v) is 4.08. The summed E-state index contributed by atoms with van der Waals surface area (Å²) >= 11 is 6.06. The predicted molar refractivity (Wildman–Crippen MR) is 70.3 cm³/mol. The zero-order chi connectivity index (χ0) is 11.5. The summed E-state index contributed by atoms with van der Waals surface area (Å²) < 4.78 is 0. The molecule has 0 spiro atoms. The van der Waals surface area contributed by atoms with Crippen LogP contribution in [0.15, 0.2) is 42.5 Å². The van der Waals surface area contributed by atoms with Crippen LogP contribution in [0.2, 0.25) is 5.02 Å². The Morgan fingerprint density at radius 3 is 2.56 bits per heavy atom. The first kappa shape index (κ1) is 10.8. The SMILES string of the molecule is Cc1cc(Nc2ccccc2Cl)ccc1N. The van der Waals surface area contributed by atoms with Gasteiger partial charge in [-0.05, 0) is 42.8 Å². The van der Waals surface area contributed by atoms with Gasteiger partial charge >= 0.3 is 0 Å². The van der Waals surface area contributed by atoms with Crippen molar-refractivity contribution in [3.63, 3.8) is 0 Å². The molecular formula is C13H13ClN2. The number of anilines is 3. The van der Waals surface area contributed by atoms with Crippen LogP contribution in [-0.4, -0.2) is 0 Å². The molecule has 0 bridgehead atoms. The van der Waals surface area contributed by atoms with Crippen LogP contribution >= 0.6 is 11.6 Å². The molecule has 16 heavy (non-hydrogen) atoms. The minimum atomic E-state index is 0.706. The highest BCUT2D eigenvalue weighted by Gasteiger charge is 2.00. The number of nitrogen functional groups attached to an aromatic ring is 1. The number of hydrogen-bond donors (Lipinski definition) is 2. The average molecular weight is 233 g/mol. The number of benzene rings is 2. The van der Waals surface area contributed by atoms with Gasteiger partial charge in [0, 0.05) is 11.4 Å². The normalized spacial score (nSPS) is 10.1. The molecule has 3 heteroatoms. The third-order valence-electron chi connectivity index (χ3n) is 2.42. The van der Waals surface area contributed by atoms with E-state index in [1.165, 1.54) is 0 Å². The standard InChI is InChI=1S/C13H13ClN2/c1-9-8-10(6-7-12(9)15)16-13-5-3-2-4-11(13)14/h2-8,16H,15H2,1H3. The summed E-state index contributed by atoms with van der Waals surface area (Å²) in [7, 11) is 0. The number of nitrogens with one attached hydrogen (secondary N) is 1. The monoisotopic (exact) mass is 232 g/mol. The van der Waals surface area contributed by atoms with Crippen molar-refractivity contribution in [2.45, 2.75) is 6.92 Å². The van der Waals surface area contributed by atoms with Gasteiger partial charge < -0.3 is 11.1 Å². The molecule has 2 aromatic carbocycles. The highest BCUT2D eigenvalue weighted by molar-refractivity contribution is 6.33. The minimum absolute atomic E-state index is 0.706. The summed E-state index contributed by atoms with van der Waals surface area (Å²) in [5, 5.41) is 3.96. The second-order valence-electron chi connectivity index (χ2n) is 3.68. The summed E-state index contributed by atoms with van der Waals surface area (Å²) in [5.41, 5.74) is 9.49. The van der Waals surface area contributed by atoms with E-state index in [1.807, 2.05) is 49.4 Å². The molecule has 2 aromatic rings. The molecule has 0 aliphatic carbocycles. The van der Waals surface area contributed by atoms with Gasteiger partial charge in [0.25, 0.3) is 0 Å². The third kappa shape index (κ3) is 2.28. The second kappa shape index (κ2) is 4.45. The third-order valence-corrected chi connectivity index (χ3v) is 2.75. The lowest BCUT2D eigenvalue weighted by Crippen LogP contribution is -1.94. The van der Waals surface area contributed by atoms with Gasteiger partial charge in [-0.15, -0.1) is 0 Å². The maximum atomic E-state index is 6.06. The number of para-hydroxylation sites is 1. The van der Waals surface area contributed by atoms with Crippen molar-refractivity contribution in [1.82, 2.24) is 0 Å². The fraction of sp³-hybridized carbons (Fsp3) is 0.0769. The minimum Gasteiger partial charge on any atom is -0.399 e. The summed E-state index contributed by atoms with van der Waals surface area (Å²) in [4.78, 5) is 0. The number of rotatable bonds is 2. The summed E-state index contributed by atoms with van der Waals surface area (Å²) in [6, 6.07) is 13.5. The molecule has 2 nitrogen and oxygen atoms in total. The molecule has 0 atom stereocenters. The van der Waals surface area contributed by atoms with Gasteiger partial charge in [-0.25, -0.2) is 0 Å². The van der Waals surface area contributed by atoms with Gasteiger partial charge in [-0.1, -0.05) is 23.7 Å². The molecule has 0 heterocycles. The molecule has 0 amide bonds. The lowest BCUT2D eigenvalue weighted by Gasteiger charge is -2.09. The molecule has 0 fully saturated rings. The maximum Gasteiger partial charge on any atom is 0.0640 e. The number of aryl methyl sites for hydroxylation is 1. The molecule has 0 aromatic heterocycles. The Morgan fingerprint density at radius 2 is 1.88 bits per heavy atom. The van der Waals surface area contributed by atoms with E-state index in [4.69, 9.17) is 17.3 Å². The van der Waals surface area contributed by atoms with Gasteiger partial charge in [0.05, 0.1) is 10.7 Å². The lowest BCUT2D eigenvalue weighted by atomic mass is 10.2. The van der Waals surface area contributed by atoms with E-state index in [-0.39, 0.29) is 0 Å². The Bertz CT molecular complexity index is 509. The molecular weight excluding hydrogens is 220 g/mol. The van der Waals surface area contributed by atoms with Crippen molar-refractivity contribution in [2.75, 3.05) is 11.1 Å². The lowest BCUT2D eigenvalue weighted by molar-refractivity contribution is 1.45. The van der Waals surface area contributed by atoms with Crippen LogP contribution < -0.4 is 11.1 Å². The van der Waals surface area contributed by atoms with Gasteiger partial charge in [0.1, 0.15) is 0 Å². The fourth-order valence-corrected chi connectivity index (χ4v) is 1.65. The average Bonchev–Trinajstić information content (AvgIpc) is 2.27. The van der Waals surface area contributed by atoms with E-state index in [2.05, 4.69) is 5.32 Å². The summed E-state index contributed by atoms with van der Waals surface area (Å²) in [6.07, 6.45) is 0. The van der Waals surface area contributed by atoms with E-state index < -0.39 is 0 Å². The zero-order valence-electron chi connectivity index (χ0n) is 9.00. The van der Waals surface area contributed by atoms with E-state index in [9.17, 15) is 0 Å². The Kier molecular flexibility index (Phi) is 3.02. The molecule has 0 saturated heterocycles. The Balaban J connectivity index is 2.28. The quantitative estimate of drug-likeness (QED) is 0.769. The molecule has 0 saturated carbocycles. The molecule has 0 unspecified atom stereocenters. The van der Waals surface area contributed by atoms with E-state index in [1.54, 1.807) is 0 Å². The van der Waals surface area contributed by atoms with Gasteiger partial charge in [-0.3, -0.25) is 0 Å². The van der Waals surface area contributed by atoms with Crippen LogP contribution in [-0.2, 0) is 0 Å². The van der Waals surface area contributed by atoms with Crippen molar-refractivity contribution in [3.8, 4) is 0 Å². The largest absolute Gasteiger partial charge is 0.399 e. The molecule has 0 aliphatic rings. The van der Waals surface area contributed by atoms with Crippen LogP contribution in [0, 0.1) is 6.92 Å². The van der Waals surface area contributed by atoms with Gasteiger partial charge in [0.2, 0.25) is 0 Å². The number of halogens is 1. The van der Waals surface area contributed by atoms with Crippen molar-refractivity contribution in [3.05, 3.63) is 53.1 Å². The van der Waals surface area contributed by atoms with Crippen LogP contribution in [0.25, 0.3) is 0 Å². The van der Waals surface area contributed by atoms with Crippen molar-refractivity contribution >= 4 is 28.7 Å². The van der Waals surface area contributed by atoms with E-state index in [0.717, 1.165) is 22.6 Å². The zero-order valence-corrected chi connectivity index (χ0v) is 9.75. The van der Waals surface area contributed by atoms with Crippen LogP contribution in [0.5, 0.6) is 0 Å². The van der Waals surface area contributed by atoms with Crippen molar-refractivity contribution in [1.29, 1.82) is 0 Å². The number of hydrogen-bond acceptors (Lipinski definition) is 2. The van der Waals surface area contributed by atoms with Crippen LogP contribution in [0.1, 0.15) is 5.56 Å². The molecule has 3 N–H and O–H groups in total. The van der Waals surface area contributed by atoms with E-state index >= 15 is 0 Å². The fourth-order valence-electron chi connectivity index (χ4n) is 1.47. The first-order valence-corrected chi connectivity index (χ1v) is 5.42. The molecule has 82 valence electrons. The van der Waals surface area contributed by atoms with Crippen LogP contribution in [0.3, 0.4) is 0 Å². The van der Waals surface area contributed by atoms with Crippen molar-refractivity contribution < 1.29 is 0 Å². The Morgan fingerprint density at radius 1 is 1.12 bits per heavy atom. The predicted octanol–water partition coefficient (Wildman–Crippen LogP) is 3.97. The number of nitrogens with two attached hydrogens (primary N) is 1. The Labute approximate surface area is 100 Å². The highest BCUT2D eigenvalue weighted by Crippen LogP contribution is 2.26. The summed E-state index contributed by atoms with van der Waals surface area (Å²) in [5.74, 6) is 0. The topological polar surface area (TPSA) is 38.0 Å². The molecule has 2 rings (SSSR count). The smallest absolute Gasteiger partial charge is 0.0640 e. The van der Waals surface area contributed by atoms with E-state index in [0.29, 0.717) is 5.02 Å². The van der Waals surface area contributed by atoms with Crippen LogP contribution in [0.4, 0.5) is 17.1 Å². The first-order chi connectivity index (χ1) is 7.66. The Hall–Kier alpha value is -1.67.